The van der Waals surface area contributed by atoms with E-state index >= 15 is 0 Å². The summed E-state index contributed by atoms with van der Waals surface area (Å²) >= 11 is 0. The summed E-state index contributed by atoms with van der Waals surface area (Å²) in [4.78, 5) is 25.8. The third kappa shape index (κ3) is 19.8. The van der Waals surface area contributed by atoms with Gasteiger partial charge >= 0.3 is 12.2 Å². The van der Waals surface area contributed by atoms with Crippen molar-refractivity contribution in [2.24, 2.45) is 5.73 Å². The molecule has 0 rings (SSSR count). The molecule has 0 saturated carbocycles. The van der Waals surface area contributed by atoms with Crippen molar-refractivity contribution in [3.05, 3.63) is 0 Å². The Morgan fingerprint density at radius 3 is 1.60 bits per heavy atom. The monoisotopic (exact) mass is 430 g/mol. The largest absolute Gasteiger partial charge is 0.444 e. The number of carbonyl (C=O) groups is 2. The molecule has 0 unspecified atom stereocenters. The molecule has 0 heterocycles. The van der Waals surface area contributed by atoms with Gasteiger partial charge < -0.3 is 30.7 Å². The molecule has 0 bridgehead atoms. The van der Waals surface area contributed by atoms with Crippen LogP contribution in [0.2, 0.25) is 0 Å². The third-order valence-electron chi connectivity index (χ3n) is 4.07. The molecule has 2 amide bonds. The minimum absolute atomic E-state index is 0.366. The van der Waals surface area contributed by atoms with Gasteiger partial charge in [-0.3, -0.25) is 0 Å². The zero-order valence-electron chi connectivity index (χ0n) is 20.1. The molecule has 178 valence electrons. The lowest BCUT2D eigenvalue weighted by Crippen LogP contribution is -2.35. The summed E-state index contributed by atoms with van der Waals surface area (Å²) in [5.41, 5.74) is 4.63. The molecule has 0 fully saturated rings. The molecule has 0 aliphatic heterocycles. The number of nitrogens with one attached hydrogen (secondary N) is 2. The SMILES string of the molecule is CC(C)(C)OC(=O)NCCCCN(CCCCCN)CCCNC(=O)OC(C)(C)C. The highest BCUT2D eigenvalue weighted by atomic mass is 16.6. The average Bonchev–Trinajstić information content (AvgIpc) is 2.58. The molecule has 0 spiro atoms. The average molecular weight is 431 g/mol. The van der Waals surface area contributed by atoms with Crippen molar-refractivity contribution >= 4 is 12.2 Å². The van der Waals surface area contributed by atoms with Crippen molar-refractivity contribution in [2.75, 3.05) is 39.3 Å². The van der Waals surface area contributed by atoms with Crippen molar-refractivity contribution in [3.63, 3.8) is 0 Å². The lowest BCUT2D eigenvalue weighted by Gasteiger charge is -2.23. The van der Waals surface area contributed by atoms with Crippen molar-refractivity contribution in [2.45, 2.75) is 91.3 Å². The molecular weight excluding hydrogens is 384 g/mol. The summed E-state index contributed by atoms with van der Waals surface area (Å²) in [6.45, 7) is 16.0. The standard InChI is InChI=1S/C22H46N4O4/c1-21(2,3)29-19(27)24-14-9-11-17-26(16-10-7-8-13-23)18-12-15-25-20(28)30-22(4,5)6/h7-18,23H2,1-6H3,(H,24,27)(H,25,28). The van der Waals surface area contributed by atoms with Gasteiger partial charge in [0.2, 0.25) is 0 Å². The van der Waals surface area contributed by atoms with Crippen LogP contribution in [0.25, 0.3) is 0 Å². The van der Waals surface area contributed by atoms with Gasteiger partial charge in [0.05, 0.1) is 0 Å². The van der Waals surface area contributed by atoms with Crippen LogP contribution in [0.15, 0.2) is 0 Å². The molecule has 0 saturated heterocycles. The number of carbonyl (C=O) groups excluding carboxylic acids is 2. The van der Waals surface area contributed by atoms with E-state index in [0.29, 0.717) is 13.1 Å². The van der Waals surface area contributed by atoms with Gasteiger partial charge in [0.25, 0.3) is 0 Å². The van der Waals surface area contributed by atoms with E-state index in [9.17, 15) is 9.59 Å². The van der Waals surface area contributed by atoms with Crippen LogP contribution < -0.4 is 16.4 Å². The quantitative estimate of drug-likeness (QED) is 0.363. The van der Waals surface area contributed by atoms with Crippen LogP contribution in [0.4, 0.5) is 9.59 Å². The van der Waals surface area contributed by atoms with E-state index in [2.05, 4.69) is 15.5 Å². The van der Waals surface area contributed by atoms with Crippen molar-refractivity contribution in [1.29, 1.82) is 0 Å². The van der Waals surface area contributed by atoms with E-state index in [-0.39, 0.29) is 12.2 Å². The summed E-state index contributed by atoms with van der Waals surface area (Å²) in [6.07, 6.45) is 5.32. The zero-order chi connectivity index (χ0) is 23.0. The Morgan fingerprint density at radius 2 is 1.13 bits per heavy atom. The lowest BCUT2D eigenvalue weighted by molar-refractivity contribution is 0.0513. The van der Waals surface area contributed by atoms with Crippen molar-refractivity contribution < 1.29 is 19.1 Å². The first-order valence-electron chi connectivity index (χ1n) is 11.3. The summed E-state index contributed by atoms with van der Waals surface area (Å²) in [5.74, 6) is 0. The zero-order valence-corrected chi connectivity index (χ0v) is 20.1. The first kappa shape index (κ1) is 28.5. The molecule has 4 N–H and O–H groups in total. The van der Waals surface area contributed by atoms with Gasteiger partial charge in [0.1, 0.15) is 11.2 Å². The van der Waals surface area contributed by atoms with Gasteiger partial charge in [-0.25, -0.2) is 9.59 Å². The first-order chi connectivity index (χ1) is 13.9. The fourth-order valence-electron chi connectivity index (χ4n) is 2.76. The Bertz CT molecular complexity index is 473. The molecule has 0 aliphatic carbocycles. The van der Waals surface area contributed by atoms with Gasteiger partial charge in [-0.1, -0.05) is 6.42 Å². The van der Waals surface area contributed by atoms with E-state index in [1.807, 2.05) is 41.5 Å². The van der Waals surface area contributed by atoms with Gasteiger partial charge in [-0.15, -0.1) is 0 Å². The summed E-state index contributed by atoms with van der Waals surface area (Å²) in [6, 6.07) is 0. The second-order valence-corrected chi connectivity index (χ2v) is 9.61. The third-order valence-corrected chi connectivity index (χ3v) is 4.07. The molecule has 0 aromatic carbocycles. The summed E-state index contributed by atoms with van der Waals surface area (Å²) in [7, 11) is 0. The number of alkyl carbamates (subject to hydrolysis) is 2. The maximum absolute atomic E-state index is 11.7. The smallest absolute Gasteiger partial charge is 0.407 e. The first-order valence-corrected chi connectivity index (χ1v) is 11.3. The molecule has 8 nitrogen and oxygen atoms in total. The predicted molar refractivity (Wildman–Crippen MR) is 122 cm³/mol. The molecule has 0 atom stereocenters. The second kappa shape index (κ2) is 15.3. The second-order valence-electron chi connectivity index (χ2n) is 9.61. The number of amides is 2. The Labute approximate surface area is 183 Å². The van der Waals surface area contributed by atoms with Gasteiger partial charge in [-0.2, -0.15) is 0 Å². The van der Waals surface area contributed by atoms with Crippen LogP contribution in [0.5, 0.6) is 0 Å². The maximum Gasteiger partial charge on any atom is 0.407 e. The number of nitrogens with zero attached hydrogens (tertiary/aromatic N) is 1. The minimum atomic E-state index is -0.480. The normalized spacial score (nSPS) is 12.0. The number of hydrogen-bond acceptors (Lipinski definition) is 6. The van der Waals surface area contributed by atoms with Crippen LogP contribution >= 0.6 is 0 Å². The Morgan fingerprint density at radius 1 is 0.700 bits per heavy atom. The molecule has 30 heavy (non-hydrogen) atoms. The number of nitrogens with two attached hydrogens (primary N) is 1. The van der Waals surface area contributed by atoms with Crippen molar-refractivity contribution in [3.8, 4) is 0 Å². The number of hydrogen-bond donors (Lipinski definition) is 3. The van der Waals surface area contributed by atoms with Crippen LogP contribution in [-0.4, -0.2) is 67.6 Å². The van der Waals surface area contributed by atoms with Crippen molar-refractivity contribution in [1.82, 2.24) is 15.5 Å². The predicted octanol–water partition coefficient (Wildman–Crippen LogP) is 3.64. The van der Waals surface area contributed by atoms with E-state index < -0.39 is 11.2 Å². The van der Waals surface area contributed by atoms with Crippen LogP contribution in [-0.2, 0) is 9.47 Å². The Hall–Kier alpha value is -1.54. The Kier molecular flexibility index (Phi) is 14.5. The van der Waals surface area contributed by atoms with E-state index in [1.54, 1.807) is 0 Å². The molecule has 0 radical (unpaired) electrons. The number of ether oxygens (including phenoxy) is 2. The van der Waals surface area contributed by atoms with Crippen LogP contribution in [0.3, 0.4) is 0 Å². The molecule has 0 aromatic rings. The lowest BCUT2D eigenvalue weighted by atomic mass is 10.2. The maximum atomic E-state index is 11.7. The van der Waals surface area contributed by atoms with Crippen LogP contribution in [0.1, 0.15) is 80.1 Å². The molecule has 0 aliphatic rings. The highest BCUT2D eigenvalue weighted by Gasteiger charge is 2.16. The van der Waals surface area contributed by atoms with E-state index in [4.69, 9.17) is 15.2 Å². The number of rotatable bonds is 14. The molecule has 8 heteroatoms. The number of unbranched alkanes of at least 4 members (excludes halogenated alkanes) is 3. The fraction of sp³-hybridized carbons (Fsp3) is 0.909. The summed E-state index contributed by atoms with van der Waals surface area (Å²) < 4.78 is 10.5. The van der Waals surface area contributed by atoms with E-state index in [0.717, 1.165) is 64.7 Å². The summed E-state index contributed by atoms with van der Waals surface area (Å²) in [5, 5.41) is 5.61. The fourth-order valence-corrected chi connectivity index (χ4v) is 2.76. The van der Waals surface area contributed by atoms with E-state index in [1.165, 1.54) is 0 Å². The van der Waals surface area contributed by atoms with Crippen LogP contribution in [0, 0.1) is 0 Å². The van der Waals surface area contributed by atoms with Gasteiger partial charge in [0.15, 0.2) is 0 Å². The Balaban J connectivity index is 4.12. The minimum Gasteiger partial charge on any atom is -0.444 e. The highest BCUT2D eigenvalue weighted by Crippen LogP contribution is 2.07. The highest BCUT2D eigenvalue weighted by molar-refractivity contribution is 5.67. The molecular formula is C22H46N4O4. The molecule has 0 aromatic heterocycles. The van der Waals surface area contributed by atoms with Gasteiger partial charge in [0, 0.05) is 13.1 Å². The van der Waals surface area contributed by atoms with Gasteiger partial charge in [-0.05, 0) is 99.8 Å². The topological polar surface area (TPSA) is 106 Å².